The summed E-state index contributed by atoms with van der Waals surface area (Å²) in [5.74, 6) is 0.636. The molecule has 1 heterocycles. The number of nitrogens with zero attached hydrogens (tertiary/aromatic N) is 1. The largest absolute Gasteiger partial charge is 0.497 e. The van der Waals surface area contributed by atoms with Gasteiger partial charge in [-0.2, -0.15) is 5.26 Å². The Labute approximate surface area is 120 Å². The van der Waals surface area contributed by atoms with Crippen LogP contribution in [0.1, 0.15) is 5.56 Å². The third-order valence-corrected chi connectivity index (χ3v) is 3.29. The fourth-order valence-corrected chi connectivity index (χ4v) is 2.31. The molecule has 0 unspecified atom stereocenters. The molecule has 0 bridgehead atoms. The molecular weight excluding hydrogens is 266 g/mol. The summed E-state index contributed by atoms with van der Waals surface area (Å²) in [6, 6.07) is 16.4. The summed E-state index contributed by atoms with van der Waals surface area (Å²) in [4.78, 5) is 12.0. The van der Waals surface area contributed by atoms with Crippen LogP contribution in [-0.4, -0.2) is 7.11 Å². The van der Waals surface area contributed by atoms with Gasteiger partial charge in [0.1, 0.15) is 23.0 Å². The van der Waals surface area contributed by atoms with Crippen LogP contribution in [0.25, 0.3) is 22.1 Å². The second-order valence-electron chi connectivity index (χ2n) is 4.48. The van der Waals surface area contributed by atoms with Crippen molar-refractivity contribution in [2.75, 3.05) is 7.11 Å². The summed E-state index contributed by atoms with van der Waals surface area (Å²) in [7, 11) is 1.56. The molecule has 0 aliphatic heterocycles. The Morgan fingerprint density at radius 2 is 1.90 bits per heavy atom. The number of benzene rings is 2. The topological polar surface area (TPSA) is 63.2 Å². The van der Waals surface area contributed by atoms with Gasteiger partial charge in [-0.1, -0.05) is 30.3 Å². The lowest BCUT2D eigenvalue weighted by atomic mass is 9.97. The Morgan fingerprint density at radius 3 is 2.57 bits per heavy atom. The third kappa shape index (κ3) is 2.15. The van der Waals surface area contributed by atoms with Crippen LogP contribution in [0.15, 0.2) is 57.7 Å². The molecule has 21 heavy (non-hydrogen) atoms. The van der Waals surface area contributed by atoms with Crippen molar-refractivity contribution in [3.8, 4) is 22.9 Å². The van der Waals surface area contributed by atoms with Crippen molar-refractivity contribution >= 4 is 11.0 Å². The van der Waals surface area contributed by atoms with Crippen LogP contribution in [0.5, 0.6) is 5.75 Å². The van der Waals surface area contributed by atoms with Gasteiger partial charge in [0.15, 0.2) is 0 Å². The number of rotatable bonds is 2. The van der Waals surface area contributed by atoms with E-state index in [0.717, 1.165) is 5.56 Å². The first-order chi connectivity index (χ1) is 10.2. The highest BCUT2D eigenvalue weighted by Crippen LogP contribution is 2.32. The molecule has 0 saturated heterocycles. The van der Waals surface area contributed by atoms with Crippen molar-refractivity contribution < 1.29 is 9.15 Å². The normalized spacial score (nSPS) is 10.3. The van der Waals surface area contributed by atoms with Crippen molar-refractivity contribution in [2.45, 2.75) is 0 Å². The lowest BCUT2D eigenvalue weighted by Crippen LogP contribution is -2.06. The van der Waals surface area contributed by atoms with E-state index in [1.165, 1.54) is 0 Å². The standard InChI is InChI=1S/C17H11NO3/c1-20-12-7-8-15-13(9-12)16(11-5-3-2-4-6-11)14(10-18)17(19)21-15/h2-9H,1H3. The average Bonchev–Trinajstić information content (AvgIpc) is 2.54. The summed E-state index contributed by atoms with van der Waals surface area (Å²) in [5, 5.41) is 9.98. The van der Waals surface area contributed by atoms with Crippen LogP contribution in [0.4, 0.5) is 0 Å². The van der Waals surface area contributed by atoms with Crippen molar-refractivity contribution in [1.82, 2.24) is 0 Å². The number of hydrogen-bond acceptors (Lipinski definition) is 4. The fraction of sp³-hybridized carbons (Fsp3) is 0.0588. The van der Waals surface area contributed by atoms with Crippen LogP contribution >= 0.6 is 0 Å². The van der Waals surface area contributed by atoms with E-state index in [1.807, 2.05) is 36.4 Å². The monoisotopic (exact) mass is 277 g/mol. The lowest BCUT2D eigenvalue weighted by Gasteiger charge is -2.09. The highest BCUT2D eigenvalue weighted by Gasteiger charge is 2.16. The molecule has 0 aliphatic carbocycles. The zero-order valence-electron chi connectivity index (χ0n) is 11.3. The van der Waals surface area contributed by atoms with Crippen molar-refractivity contribution in [3.05, 3.63) is 64.5 Å². The first-order valence-electron chi connectivity index (χ1n) is 6.35. The highest BCUT2D eigenvalue weighted by atomic mass is 16.5. The van der Waals surface area contributed by atoms with Gasteiger partial charge in [-0.05, 0) is 23.8 Å². The quantitative estimate of drug-likeness (QED) is 0.674. The molecule has 0 saturated carbocycles. The highest BCUT2D eigenvalue weighted by molar-refractivity contribution is 5.96. The van der Waals surface area contributed by atoms with Gasteiger partial charge in [-0.25, -0.2) is 4.79 Å². The van der Waals surface area contributed by atoms with E-state index in [-0.39, 0.29) is 5.56 Å². The summed E-state index contributed by atoms with van der Waals surface area (Å²) >= 11 is 0. The van der Waals surface area contributed by atoms with E-state index < -0.39 is 5.63 Å². The van der Waals surface area contributed by atoms with Gasteiger partial charge in [0, 0.05) is 10.9 Å². The van der Waals surface area contributed by atoms with Crippen molar-refractivity contribution in [2.24, 2.45) is 0 Å². The molecule has 0 spiro atoms. The lowest BCUT2D eigenvalue weighted by molar-refractivity contribution is 0.415. The van der Waals surface area contributed by atoms with Crippen molar-refractivity contribution in [3.63, 3.8) is 0 Å². The maximum atomic E-state index is 12.0. The molecule has 0 fully saturated rings. The molecule has 4 heteroatoms. The van der Waals surface area contributed by atoms with Crippen LogP contribution in [-0.2, 0) is 0 Å². The summed E-state index contributed by atoms with van der Waals surface area (Å²) in [6.07, 6.45) is 0. The summed E-state index contributed by atoms with van der Waals surface area (Å²) in [6.45, 7) is 0. The van der Waals surface area contributed by atoms with Crippen molar-refractivity contribution in [1.29, 1.82) is 5.26 Å². The summed E-state index contributed by atoms with van der Waals surface area (Å²) in [5.41, 5.74) is 1.16. The second kappa shape index (κ2) is 5.14. The Bertz CT molecular complexity index is 905. The molecule has 0 aliphatic rings. The molecule has 0 amide bonds. The van der Waals surface area contributed by atoms with Gasteiger partial charge in [0.25, 0.3) is 0 Å². The van der Waals surface area contributed by atoms with Crippen LogP contribution in [0.3, 0.4) is 0 Å². The Kier molecular flexibility index (Phi) is 3.17. The van der Waals surface area contributed by atoms with Gasteiger partial charge < -0.3 is 9.15 Å². The summed E-state index contributed by atoms with van der Waals surface area (Å²) < 4.78 is 10.4. The van der Waals surface area contributed by atoms with E-state index in [9.17, 15) is 10.1 Å². The first kappa shape index (κ1) is 12.9. The van der Waals surface area contributed by atoms with Gasteiger partial charge in [0.2, 0.25) is 0 Å². The maximum Gasteiger partial charge on any atom is 0.354 e. The minimum Gasteiger partial charge on any atom is -0.497 e. The SMILES string of the molecule is COc1ccc2oc(=O)c(C#N)c(-c3ccccc3)c2c1. The maximum absolute atomic E-state index is 12.0. The third-order valence-electron chi connectivity index (χ3n) is 3.29. The van der Waals surface area contributed by atoms with Gasteiger partial charge in [0.05, 0.1) is 7.11 Å². The smallest absolute Gasteiger partial charge is 0.354 e. The van der Waals surface area contributed by atoms with Crippen LogP contribution < -0.4 is 10.4 Å². The zero-order valence-corrected chi connectivity index (χ0v) is 11.3. The van der Waals surface area contributed by atoms with E-state index in [0.29, 0.717) is 22.3 Å². The average molecular weight is 277 g/mol. The predicted molar refractivity (Wildman–Crippen MR) is 79.2 cm³/mol. The molecular formula is C17H11NO3. The van der Waals surface area contributed by atoms with Gasteiger partial charge >= 0.3 is 5.63 Å². The molecule has 0 atom stereocenters. The predicted octanol–water partition coefficient (Wildman–Crippen LogP) is 3.34. The number of fused-ring (bicyclic) bond motifs is 1. The number of methoxy groups -OCH3 is 1. The Hall–Kier alpha value is -3.06. The molecule has 2 aromatic carbocycles. The van der Waals surface area contributed by atoms with Gasteiger partial charge in [-0.15, -0.1) is 0 Å². The minimum absolute atomic E-state index is 0.00181. The fourth-order valence-electron chi connectivity index (χ4n) is 2.31. The van der Waals surface area contributed by atoms with E-state index in [1.54, 1.807) is 25.3 Å². The zero-order chi connectivity index (χ0) is 14.8. The Balaban J connectivity index is 2.49. The first-order valence-corrected chi connectivity index (χ1v) is 6.35. The minimum atomic E-state index is -0.631. The molecule has 1 aromatic heterocycles. The number of ether oxygens (including phenoxy) is 1. The Morgan fingerprint density at radius 1 is 1.14 bits per heavy atom. The molecule has 3 aromatic rings. The molecule has 0 N–H and O–H groups in total. The van der Waals surface area contributed by atoms with E-state index in [4.69, 9.17) is 9.15 Å². The molecule has 102 valence electrons. The second-order valence-corrected chi connectivity index (χ2v) is 4.48. The molecule has 0 radical (unpaired) electrons. The van der Waals surface area contributed by atoms with E-state index in [2.05, 4.69) is 0 Å². The molecule has 4 nitrogen and oxygen atoms in total. The van der Waals surface area contributed by atoms with Crippen LogP contribution in [0.2, 0.25) is 0 Å². The number of nitriles is 1. The molecule has 3 rings (SSSR count). The number of hydrogen-bond donors (Lipinski definition) is 0. The van der Waals surface area contributed by atoms with Gasteiger partial charge in [-0.3, -0.25) is 0 Å². The van der Waals surface area contributed by atoms with E-state index >= 15 is 0 Å². The van der Waals surface area contributed by atoms with Crippen LogP contribution in [0, 0.1) is 11.3 Å².